The molecule has 0 unspecified atom stereocenters. The number of nitrogen functional groups attached to an aromatic ring is 1. The zero-order valence-corrected chi connectivity index (χ0v) is 10.3. The highest BCUT2D eigenvalue weighted by Gasteiger charge is 2.23. The van der Waals surface area contributed by atoms with Gasteiger partial charge in [-0.15, -0.1) is 11.3 Å². The van der Waals surface area contributed by atoms with E-state index in [2.05, 4.69) is 20.1 Å². The normalized spacial score (nSPS) is 17.5. The van der Waals surface area contributed by atoms with E-state index in [0.29, 0.717) is 11.7 Å². The summed E-state index contributed by atoms with van der Waals surface area (Å²) in [7, 11) is 0. The number of hydrogen-bond acceptors (Lipinski definition) is 5. The molecule has 0 amide bonds. The average Bonchev–Trinajstić information content (AvgIpc) is 3.00. The Morgan fingerprint density at radius 1 is 1.41 bits per heavy atom. The molecule has 1 saturated heterocycles. The molecule has 2 aromatic heterocycles. The van der Waals surface area contributed by atoms with E-state index in [1.807, 2.05) is 17.6 Å². The molecule has 1 aliphatic rings. The van der Waals surface area contributed by atoms with E-state index in [-0.39, 0.29) is 0 Å². The van der Waals surface area contributed by atoms with Crippen molar-refractivity contribution in [1.82, 2.24) is 15.2 Å². The number of anilines is 2. The number of nitrogens with two attached hydrogens (primary N) is 1. The molecule has 3 heterocycles. The Morgan fingerprint density at radius 3 is 2.82 bits per heavy atom. The van der Waals surface area contributed by atoms with Crippen LogP contribution in [-0.2, 0) is 0 Å². The van der Waals surface area contributed by atoms with Crippen molar-refractivity contribution in [3.8, 4) is 0 Å². The lowest BCUT2D eigenvalue weighted by molar-refractivity contribution is 0.495. The van der Waals surface area contributed by atoms with E-state index in [1.54, 1.807) is 11.3 Å². The van der Waals surface area contributed by atoms with Gasteiger partial charge in [-0.2, -0.15) is 5.10 Å². The first kappa shape index (κ1) is 10.6. The quantitative estimate of drug-likeness (QED) is 0.852. The Morgan fingerprint density at radius 2 is 2.24 bits per heavy atom. The van der Waals surface area contributed by atoms with Gasteiger partial charge in [0.05, 0.1) is 5.69 Å². The second-order valence-corrected chi connectivity index (χ2v) is 5.20. The van der Waals surface area contributed by atoms with Crippen molar-refractivity contribution >= 4 is 22.3 Å². The molecule has 2 aromatic rings. The van der Waals surface area contributed by atoms with Crippen LogP contribution in [0.3, 0.4) is 0 Å². The van der Waals surface area contributed by atoms with E-state index in [4.69, 9.17) is 5.73 Å². The van der Waals surface area contributed by atoms with Crippen molar-refractivity contribution < 1.29 is 0 Å². The zero-order chi connectivity index (χ0) is 11.7. The van der Waals surface area contributed by atoms with Crippen LogP contribution in [0.1, 0.15) is 24.5 Å². The lowest BCUT2D eigenvalue weighted by atomic mass is 9.94. The van der Waals surface area contributed by atoms with Gasteiger partial charge < -0.3 is 10.6 Å². The summed E-state index contributed by atoms with van der Waals surface area (Å²) in [6.45, 7) is 2.09. The maximum atomic E-state index is 5.65. The molecule has 0 bridgehead atoms. The van der Waals surface area contributed by atoms with Gasteiger partial charge in [-0.05, 0) is 12.8 Å². The molecular formula is C11H15N5S. The van der Waals surface area contributed by atoms with Crippen molar-refractivity contribution in [2.75, 3.05) is 23.7 Å². The lowest BCUT2D eigenvalue weighted by Crippen LogP contribution is -2.32. The Balaban J connectivity index is 1.64. The van der Waals surface area contributed by atoms with E-state index < -0.39 is 0 Å². The number of hydrogen-bond donors (Lipinski definition) is 2. The predicted molar refractivity (Wildman–Crippen MR) is 69.3 cm³/mol. The highest BCUT2D eigenvalue weighted by molar-refractivity contribution is 7.13. The maximum absolute atomic E-state index is 5.65. The first-order chi connectivity index (χ1) is 8.33. The predicted octanol–water partition coefficient (Wildman–Crippen LogP) is 1.83. The van der Waals surface area contributed by atoms with Crippen LogP contribution < -0.4 is 10.6 Å². The number of aromatic amines is 1. The minimum atomic E-state index is 0.528. The molecule has 3 rings (SSSR count). The molecule has 0 spiro atoms. The fourth-order valence-electron chi connectivity index (χ4n) is 2.30. The first-order valence-corrected chi connectivity index (χ1v) is 6.66. The molecule has 5 nitrogen and oxygen atoms in total. The second-order valence-electron chi connectivity index (χ2n) is 4.32. The summed E-state index contributed by atoms with van der Waals surface area (Å²) >= 11 is 1.70. The second kappa shape index (κ2) is 4.37. The van der Waals surface area contributed by atoms with Gasteiger partial charge in [-0.25, -0.2) is 4.98 Å². The monoisotopic (exact) mass is 249 g/mol. The summed E-state index contributed by atoms with van der Waals surface area (Å²) in [4.78, 5) is 6.69. The third-order valence-corrected chi connectivity index (χ3v) is 4.05. The van der Waals surface area contributed by atoms with Crippen LogP contribution in [0.2, 0.25) is 0 Å². The molecule has 17 heavy (non-hydrogen) atoms. The standard InChI is InChI=1S/C11H15N5S/c12-10-7-9(14-15-10)8-1-4-16(5-2-8)11-13-3-6-17-11/h3,6-8H,1-2,4-5H2,(H3,12,14,15). The van der Waals surface area contributed by atoms with Crippen LogP contribution in [-0.4, -0.2) is 28.3 Å². The topological polar surface area (TPSA) is 70.8 Å². The summed E-state index contributed by atoms with van der Waals surface area (Å²) in [6, 6.07) is 1.95. The third kappa shape index (κ3) is 2.12. The Kier molecular flexibility index (Phi) is 2.72. The van der Waals surface area contributed by atoms with Gasteiger partial charge in [0.1, 0.15) is 5.82 Å². The number of nitrogens with one attached hydrogen (secondary N) is 1. The van der Waals surface area contributed by atoms with Crippen LogP contribution >= 0.6 is 11.3 Å². The lowest BCUT2D eigenvalue weighted by Gasteiger charge is -2.30. The number of piperidine rings is 1. The summed E-state index contributed by atoms with van der Waals surface area (Å²) in [6.07, 6.45) is 4.09. The average molecular weight is 249 g/mol. The van der Waals surface area contributed by atoms with Crippen LogP contribution in [0, 0.1) is 0 Å². The number of aromatic nitrogens is 3. The van der Waals surface area contributed by atoms with E-state index >= 15 is 0 Å². The molecule has 90 valence electrons. The van der Waals surface area contributed by atoms with Crippen molar-refractivity contribution in [3.63, 3.8) is 0 Å². The van der Waals surface area contributed by atoms with E-state index in [0.717, 1.165) is 36.8 Å². The van der Waals surface area contributed by atoms with Crippen molar-refractivity contribution in [2.45, 2.75) is 18.8 Å². The molecule has 0 atom stereocenters. The minimum absolute atomic E-state index is 0.528. The van der Waals surface area contributed by atoms with Gasteiger partial charge in [0, 0.05) is 36.7 Å². The molecule has 6 heteroatoms. The summed E-state index contributed by atoms with van der Waals surface area (Å²) in [5.41, 5.74) is 6.75. The number of thiazole rings is 1. The van der Waals surface area contributed by atoms with Gasteiger partial charge in [0.25, 0.3) is 0 Å². The molecule has 1 aliphatic heterocycles. The fourth-order valence-corrected chi connectivity index (χ4v) is 3.00. The molecule has 0 aliphatic carbocycles. The first-order valence-electron chi connectivity index (χ1n) is 5.78. The Hall–Kier alpha value is -1.56. The maximum Gasteiger partial charge on any atom is 0.185 e. The van der Waals surface area contributed by atoms with Gasteiger partial charge in [-0.1, -0.05) is 0 Å². The SMILES string of the molecule is Nc1cc(C2CCN(c3nccs3)CC2)n[nH]1. The summed E-state index contributed by atoms with van der Waals surface area (Å²) in [5, 5.41) is 10.2. The zero-order valence-electron chi connectivity index (χ0n) is 9.47. The molecule has 3 N–H and O–H groups in total. The van der Waals surface area contributed by atoms with Gasteiger partial charge in [0.15, 0.2) is 5.13 Å². The van der Waals surface area contributed by atoms with Gasteiger partial charge in [0.2, 0.25) is 0 Å². The number of nitrogens with zero attached hydrogens (tertiary/aromatic N) is 3. The van der Waals surface area contributed by atoms with Crippen molar-refractivity contribution in [1.29, 1.82) is 0 Å². The van der Waals surface area contributed by atoms with Crippen molar-refractivity contribution in [2.24, 2.45) is 0 Å². The Labute approximate surface area is 104 Å². The van der Waals surface area contributed by atoms with Crippen LogP contribution in [0.4, 0.5) is 10.9 Å². The molecule has 1 fully saturated rings. The summed E-state index contributed by atoms with van der Waals surface area (Å²) < 4.78 is 0. The highest BCUT2D eigenvalue weighted by atomic mass is 32.1. The third-order valence-electron chi connectivity index (χ3n) is 3.22. The molecular weight excluding hydrogens is 234 g/mol. The minimum Gasteiger partial charge on any atom is -0.384 e. The van der Waals surface area contributed by atoms with Crippen LogP contribution in [0.15, 0.2) is 17.6 Å². The number of rotatable bonds is 2. The Bertz CT molecular complexity index is 470. The van der Waals surface area contributed by atoms with E-state index in [9.17, 15) is 0 Å². The van der Waals surface area contributed by atoms with Crippen LogP contribution in [0.5, 0.6) is 0 Å². The van der Waals surface area contributed by atoms with Crippen LogP contribution in [0.25, 0.3) is 0 Å². The van der Waals surface area contributed by atoms with E-state index in [1.165, 1.54) is 0 Å². The smallest absolute Gasteiger partial charge is 0.185 e. The molecule has 0 aromatic carbocycles. The molecule has 0 radical (unpaired) electrons. The number of H-pyrrole nitrogens is 1. The molecule has 0 saturated carbocycles. The highest BCUT2D eigenvalue weighted by Crippen LogP contribution is 2.30. The largest absolute Gasteiger partial charge is 0.384 e. The fraction of sp³-hybridized carbons (Fsp3) is 0.455. The van der Waals surface area contributed by atoms with Crippen molar-refractivity contribution in [3.05, 3.63) is 23.3 Å². The van der Waals surface area contributed by atoms with Gasteiger partial charge >= 0.3 is 0 Å². The summed E-state index contributed by atoms with van der Waals surface area (Å²) in [5.74, 6) is 1.18. The van der Waals surface area contributed by atoms with Gasteiger partial charge in [-0.3, -0.25) is 5.10 Å².